The van der Waals surface area contributed by atoms with Gasteiger partial charge in [0.25, 0.3) is 0 Å². The maximum atomic E-state index is 12.8. The topological polar surface area (TPSA) is 35.6 Å². The maximum absolute atomic E-state index is 12.8. The third-order valence-electron chi connectivity index (χ3n) is 5.08. The van der Waals surface area contributed by atoms with Gasteiger partial charge in [-0.2, -0.15) is 11.3 Å². The molecule has 1 fully saturated rings. The summed E-state index contributed by atoms with van der Waals surface area (Å²) in [7, 11) is 0. The molecule has 2 heterocycles. The third-order valence-corrected chi connectivity index (χ3v) is 5.78. The van der Waals surface area contributed by atoms with Crippen LogP contribution in [0.15, 0.2) is 16.8 Å². The average Bonchev–Trinajstić information content (AvgIpc) is 3.13. The van der Waals surface area contributed by atoms with Gasteiger partial charge >= 0.3 is 0 Å². The molecule has 2 rings (SSSR count). The highest BCUT2D eigenvalue weighted by molar-refractivity contribution is 7.07. The van der Waals surface area contributed by atoms with Crippen molar-refractivity contribution in [2.75, 3.05) is 32.7 Å². The zero-order chi connectivity index (χ0) is 17.4. The number of nitrogens with zero attached hydrogens (tertiary/aromatic N) is 2. The highest BCUT2D eigenvalue weighted by Crippen LogP contribution is 2.23. The number of carbonyl (C=O) groups is 1. The molecule has 1 aromatic heterocycles. The van der Waals surface area contributed by atoms with E-state index in [0.717, 1.165) is 39.0 Å². The lowest BCUT2D eigenvalue weighted by Crippen LogP contribution is -2.51. The maximum Gasteiger partial charge on any atom is 0.237 e. The van der Waals surface area contributed by atoms with Gasteiger partial charge in [-0.15, -0.1) is 0 Å². The summed E-state index contributed by atoms with van der Waals surface area (Å²) in [6.45, 7) is 11.4. The quantitative estimate of drug-likeness (QED) is 0.739. The van der Waals surface area contributed by atoms with Crippen LogP contribution >= 0.6 is 11.3 Å². The first-order chi connectivity index (χ1) is 11.7. The first kappa shape index (κ1) is 19.4. The number of likely N-dealkylation sites (N-methyl/N-ethyl adjacent to an activating group) is 1. The summed E-state index contributed by atoms with van der Waals surface area (Å²) in [5.41, 5.74) is 1.32. The molecule has 0 radical (unpaired) electrons. The van der Waals surface area contributed by atoms with Crippen molar-refractivity contribution in [1.82, 2.24) is 15.1 Å². The van der Waals surface area contributed by atoms with Crippen LogP contribution in [0.4, 0.5) is 0 Å². The first-order valence-electron chi connectivity index (χ1n) is 9.49. The molecule has 1 amide bonds. The van der Waals surface area contributed by atoms with Crippen molar-refractivity contribution >= 4 is 17.2 Å². The molecule has 5 heteroatoms. The number of rotatable bonds is 9. The van der Waals surface area contributed by atoms with E-state index in [4.69, 9.17) is 0 Å². The summed E-state index contributed by atoms with van der Waals surface area (Å²) < 4.78 is 0. The van der Waals surface area contributed by atoms with Gasteiger partial charge in [-0.05, 0) is 67.8 Å². The largest absolute Gasteiger partial charge is 0.353 e. The van der Waals surface area contributed by atoms with E-state index in [-0.39, 0.29) is 18.0 Å². The average molecular weight is 352 g/mol. The van der Waals surface area contributed by atoms with E-state index in [0.29, 0.717) is 6.54 Å². The Bertz CT molecular complexity index is 471. The number of carbonyl (C=O) groups excluding carboxylic acids is 1. The Morgan fingerprint density at radius 2 is 2.17 bits per heavy atom. The van der Waals surface area contributed by atoms with E-state index in [2.05, 4.69) is 52.7 Å². The van der Waals surface area contributed by atoms with Gasteiger partial charge in [0, 0.05) is 6.54 Å². The number of likely N-dealkylation sites (tertiary alicyclic amines) is 1. The molecule has 0 spiro atoms. The van der Waals surface area contributed by atoms with Gasteiger partial charge in [0.15, 0.2) is 0 Å². The standard InChI is InChI=1S/C19H33N3OS/c1-4-11-22-12-8-7-9-17(22)19(23)20-14-18(21(5-2)6-3)16-10-13-24-15-16/h10,13,15,17-18H,4-9,11-12,14H2,1-3H3,(H,20,23). The van der Waals surface area contributed by atoms with Crippen LogP contribution in [-0.4, -0.2) is 54.5 Å². The minimum atomic E-state index is 0.0681. The predicted octanol–water partition coefficient (Wildman–Crippen LogP) is 3.51. The van der Waals surface area contributed by atoms with E-state index in [1.54, 1.807) is 11.3 Å². The predicted molar refractivity (Wildman–Crippen MR) is 102 cm³/mol. The molecule has 1 N–H and O–H groups in total. The van der Waals surface area contributed by atoms with Crippen LogP contribution in [0.5, 0.6) is 0 Å². The lowest BCUT2D eigenvalue weighted by molar-refractivity contribution is -0.127. The summed E-state index contributed by atoms with van der Waals surface area (Å²) in [5, 5.41) is 7.59. The van der Waals surface area contributed by atoms with Gasteiger partial charge in [-0.3, -0.25) is 14.6 Å². The van der Waals surface area contributed by atoms with Gasteiger partial charge in [-0.25, -0.2) is 0 Å². The Kier molecular flexibility index (Phi) is 8.22. The summed E-state index contributed by atoms with van der Waals surface area (Å²) in [6.07, 6.45) is 4.50. The minimum absolute atomic E-state index is 0.0681. The van der Waals surface area contributed by atoms with Crippen LogP contribution in [0.3, 0.4) is 0 Å². The van der Waals surface area contributed by atoms with Crippen LogP contribution in [-0.2, 0) is 4.79 Å². The Hall–Kier alpha value is -0.910. The summed E-state index contributed by atoms with van der Waals surface area (Å²) in [6, 6.07) is 2.53. The van der Waals surface area contributed by atoms with Crippen LogP contribution in [0.25, 0.3) is 0 Å². The first-order valence-corrected chi connectivity index (χ1v) is 10.4. The summed E-state index contributed by atoms with van der Waals surface area (Å²) in [4.78, 5) is 17.6. The summed E-state index contributed by atoms with van der Waals surface area (Å²) in [5.74, 6) is 0.218. The molecule has 1 aliphatic heterocycles. The monoisotopic (exact) mass is 351 g/mol. The smallest absolute Gasteiger partial charge is 0.237 e. The molecular weight excluding hydrogens is 318 g/mol. The van der Waals surface area contributed by atoms with Gasteiger partial charge in [0.2, 0.25) is 5.91 Å². The highest BCUT2D eigenvalue weighted by Gasteiger charge is 2.29. The minimum Gasteiger partial charge on any atom is -0.353 e. The van der Waals surface area contributed by atoms with Gasteiger partial charge < -0.3 is 5.32 Å². The van der Waals surface area contributed by atoms with E-state index in [1.807, 2.05) is 0 Å². The number of hydrogen-bond acceptors (Lipinski definition) is 4. The fourth-order valence-corrected chi connectivity index (χ4v) is 4.45. The second-order valence-electron chi connectivity index (χ2n) is 6.59. The summed E-state index contributed by atoms with van der Waals surface area (Å²) >= 11 is 1.73. The normalized spacial score (nSPS) is 20.2. The second kappa shape index (κ2) is 10.2. The molecule has 0 aliphatic carbocycles. The van der Waals surface area contributed by atoms with E-state index >= 15 is 0 Å². The highest BCUT2D eigenvalue weighted by atomic mass is 32.1. The molecule has 2 atom stereocenters. The molecule has 0 bridgehead atoms. The third kappa shape index (κ3) is 5.04. The van der Waals surface area contributed by atoms with Crippen molar-refractivity contribution in [1.29, 1.82) is 0 Å². The molecule has 4 nitrogen and oxygen atoms in total. The Labute approximate surface area is 151 Å². The van der Waals surface area contributed by atoms with Crippen molar-refractivity contribution < 1.29 is 4.79 Å². The van der Waals surface area contributed by atoms with Crippen LogP contribution in [0, 0.1) is 0 Å². The molecule has 0 aromatic carbocycles. The number of thiophene rings is 1. The van der Waals surface area contributed by atoms with Crippen molar-refractivity contribution in [3.8, 4) is 0 Å². The molecule has 2 unspecified atom stereocenters. The molecule has 1 aromatic rings. The fourth-order valence-electron chi connectivity index (χ4n) is 3.74. The molecular formula is C19H33N3OS. The molecule has 1 saturated heterocycles. The fraction of sp³-hybridized carbons (Fsp3) is 0.737. The molecule has 1 aliphatic rings. The van der Waals surface area contributed by atoms with Crippen molar-refractivity contribution in [2.45, 2.75) is 58.5 Å². The van der Waals surface area contributed by atoms with Crippen molar-refractivity contribution in [3.05, 3.63) is 22.4 Å². The number of nitrogens with one attached hydrogen (secondary N) is 1. The van der Waals surface area contributed by atoms with Crippen LogP contribution < -0.4 is 5.32 Å². The van der Waals surface area contributed by atoms with Crippen molar-refractivity contribution in [3.63, 3.8) is 0 Å². The SMILES string of the molecule is CCCN1CCCCC1C(=O)NCC(c1ccsc1)N(CC)CC. The lowest BCUT2D eigenvalue weighted by Gasteiger charge is -2.35. The lowest BCUT2D eigenvalue weighted by atomic mass is 10.0. The molecule has 136 valence electrons. The van der Waals surface area contributed by atoms with Crippen LogP contribution in [0.2, 0.25) is 0 Å². The van der Waals surface area contributed by atoms with Gasteiger partial charge in [-0.1, -0.05) is 27.2 Å². The van der Waals surface area contributed by atoms with Crippen molar-refractivity contribution in [2.24, 2.45) is 0 Å². The van der Waals surface area contributed by atoms with E-state index < -0.39 is 0 Å². The number of amides is 1. The Morgan fingerprint density at radius 3 is 2.79 bits per heavy atom. The van der Waals surface area contributed by atoms with Gasteiger partial charge in [0.05, 0.1) is 12.1 Å². The zero-order valence-corrected chi connectivity index (χ0v) is 16.3. The number of piperidine rings is 1. The number of hydrogen-bond donors (Lipinski definition) is 1. The molecule has 0 saturated carbocycles. The van der Waals surface area contributed by atoms with E-state index in [9.17, 15) is 4.79 Å². The zero-order valence-electron chi connectivity index (χ0n) is 15.5. The Balaban J connectivity index is 1.98. The molecule has 24 heavy (non-hydrogen) atoms. The van der Waals surface area contributed by atoms with Gasteiger partial charge in [0.1, 0.15) is 0 Å². The van der Waals surface area contributed by atoms with E-state index in [1.165, 1.54) is 18.4 Å². The Morgan fingerprint density at radius 1 is 1.38 bits per heavy atom. The van der Waals surface area contributed by atoms with Crippen LogP contribution in [0.1, 0.15) is 58.1 Å². The second-order valence-corrected chi connectivity index (χ2v) is 7.37.